The highest BCUT2D eigenvalue weighted by Crippen LogP contribution is 2.17. The number of aliphatic hydroxyl groups excluding tert-OH is 2. The number of rotatable bonds is 53. The second kappa shape index (κ2) is 57.9. The molecule has 0 aliphatic rings. The zero-order valence-electron chi connectivity index (χ0n) is 44.7. The van der Waals surface area contributed by atoms with Crippen molar-refractivity contribution in [3.05, 3.63) is 85.1 Å². The van der Waals surface area contributed by atoms with Crippen molar-refractivity contribution in [1.29, 1.82) is 0 Å². The SMILES string of the molecule is CC/C=C\C/C=C\C/C=C\C/C=C\C/C=C\C/C=C\C/C=C\CCCCCCCCCCCCCCCCCC(=O)NC(CO)C(O)CCCCCCCCCCCCCCCCCCCC. The average Bonchev–Trinajstić information content (AvgIpc) is 3.33. The molecule has 4 nitrogen and oxygen atoms in total. The minimum atomic E-state index is -0.663. The molecule has 1 amide bonds. The van der Waals surface area contributed by atoms with Crippen LogP contribution in [0.25, 0.3) is 0 Å². The van der Waals surface area contributed by atoms with Gasteiger partial charge in [0.05, 0.1) is 18.8 Å². The number of allylic oxidation sites excluding steroid dienone is 14. The van der Waals surface area contributed by atoms with Crippen LogP contribution in [0.1, 0.15) is 290 Å². The minimum absolute atomic E-state index is 0.0310. The number of hydrogen-bond donors (Lipinski definition) is 3. The van der Waals surface area contributed by atoms with Crippen LogP contribution in [0.4, 0.5) is 0 Å². The molecule has 0 radical (unpaired) electrons. The van der Waals surface area contributed by atoms with Crippen LogP contribution in [0.2, 0.25) is 0 Å². The van der Waals surface area contributed by atoms with E-state index in [2.05, 4.69) is 104 Å². The summed E-state index contributed by atoms with van der Waals surface area (Å²) >= 11 is 0. The molecular formula is C63H113NO3. The third-order valence-electron chi connectivity index (χ3n) is 13.2. The van der Waals surface area contributed by atoms with E-state index in [1.54, 1.807) is 0 Å². The lowest BCUT2D eigenvalue weighted by molar-refractivity contribution is -0.123. The zero-order valence-corrected chi connectivity index (χ0v) is 44.7. The molecule has 67 heavy (non-hydrogen) atoms. The summed E-state index contributed by atoms with van der Waals surface area (Å²) in [6, 6.07) is -0.540. The van der Waals surface area contributed by atoms with E-state index in [1.807, 2.05) is 0 Å². The molecule has 0 heterocycles. The van der Waals surface area contributed by atoms with Crippen LogP contribution in [-0.4, -0.2) is 34.9 Å². The molecule has 0 aliphatic carbocycles. The van der Waals surface area contributed by atoms with Crippen molar-refractivity contribution < 1.29 is 15.0 Å². The molecule has 0 aromatic heterocycles. The Hall–Kier alpha value is -2.43. The molecule has 0 rings (SSSR count). The Morgan fingerprint density at radius 2 is 0.657 bits per heavy atom. The predicted molar refractivity (Wildman–Crippen MR) is 299 cm³/mol. The Kier molecular flexibility index (Phi) is 55.8. The van der Waals surface area contributed by atoms with Crippen molar-refractivity contribution in [2.45, 2.75) is 302 Å². The second-order valence-electron chi connectivity index (χ2n) is 19.7. The molecule has 0 fully saturated rings. The summed E-state index contributed by atoms with van der Waals surface area (Å²) in [7, 11) is 0. The van der Waals surface area contributed by atoms with E-state index in [0.717, 1.165) is 70.6 Å². The molecule has 0 aromatic rings. The molecule has 0 saturated heterocycles. The van der Waals surface area contributed by atoms with Crippen LogP contribution >= 0.6 is 0 Å². The molecule has 4 heteroatoms. The molecule has 388 valence electrons. The monoisotopic (exact) mass is 932 g/mol. The van der Waals surface area contributed by atoms with Crippen LogP contribution < -0.4 is 5.32 Å². The first-order valence-corrected chi connectivity index (χ1v) is 29.3. The second-order valence-corrected chi connectivity index (χ2v) is 19.7. The third kappa shape index (κ3) is 54.4. The van der Waals surface area contributed by atoms with Gasteiger partial charge < -0.3 is 15.5 Å². The van der Waals surface area contributed by atoms with Crippen molar-refractivity contribution >= 4 is 5.91 Å². The van der Waals surface area contributed by atoms with Crippen LogP contribution in [0.15, 0.2) is 85.1 Å². The maximum atomic E-state index is 12.5. The molecule has 3 N–H and O–H groups in total. The normalized spacial score (nSPS) is 13.4. The predicted octanol–water partition coefficient (Wildman–Crippen LogP) is 19.5. The zero-order chi connectivity index (χ0) is 48.5. The molecule has 0 spiro atoms. The Balaban J connectivity index is 3.49. The maximum absolute atomic E-state index is 12.5. The fourth-order valence-electron chi connectivity index (χ4n) is 8.76. The van der Waals surface area contributed by atoms with Crippen LogP contribution in [-0.2, 0) is 4.79 Å². The highest BCUT2D eigenvalue weighted by Gasteiger charge is 2.20. The largest absolute Gasteiger partial charge is 0.394 e. The summed E-state index contributed by atoms with van der Waals surface area (Å²) in [6.45, 7) is 4.26. The highest BCUT2D eigenvalue weighted by molar-refractivity contribution is 5.76. The number of aliphatic hydroxyl groups is 2. The number of unbranched alkanes of at least 4 members (excludes halogenated alkanes) is 32. The van der Waals surface area contributed by atoms with Gasteiger partial charge in [-0.2, -0.15) is 0 Å². The van der Waals surface area contributed by atoms with Gasteiger partial charge in [-0.25, -0.2) is 0 Å². The summed E-state index contributed by atoms with van der Waals surface area (Å²) < 4.78 is 0. The first-order valence-electron chi connectivity index (χ1n) is 29.3. The lowest BCUT2D eigenvalue weighted by Gasteiger charge is -2.22. The fourth-order valence-corrected chi connectivity index (χ4v) is 8.76. The summed E-state index contributed by atoms with van der Waals surface area (Å²) in [5.74, 6) is -0.0310. The topological polar surface area (TPSA) is 69.6 Å². The van der Waals surface area contributed by atoms with E-state index in [1.165, 1.54) is 193 Å². The van der Waals surface area contributed by atoms with Crippen molar-refractivity contribution in [1.82, 2.24) is 5.32 Å². The molecule has 2 unspecified atom stereocenters. The summed E-state index contributed by atoms with van der Waals surface area (Å²) in [4.78, 5) is 12.5. The number of carbonyl (C=O) groups is 1. The summed E-state index contributed by atoms with van der Waals surface area (Å²) in [5.41, 5.74) is 0. The molecule has 0 aliphatic heterocycles. The Morgan fingerprint density at radius 3 is 0.985 bits per heavy atom. The van der Waals surface area contributed by atoms with E-state index >= 15 is 0 Å². The van der Waals surface area contributed by atoms with E-state index < -0.39 is 12.1 Å². The first-order chi connectivity index (χ1) is 33.2. The van der Waals surface area contributed by atoms with Gasteiger partial charge in [0.15, 0.2) is 0 Å². The number of amides is 1. The van der Waals surface area contributed by atoms with Gasteiger partial charge in [0, 0.05) is 6.42 Å². The minimum Gasteiger partial charge on any atom is -0.394 e. The van der Waals surface area contributed by atoms with Gasteiger partial charge in [-0.3, -0.25) is 4.79 Å². The van der Waals surface area contributed by atoms with Crippen LogP contribution in [0.5, 0.6) is 0 Å². The van der Waals surface area contributed by atoms with Crippen molar-refractivity contribution in [2.24, 2.45) is 0 Å². The van der Waals surface area contributed by atoms with Crippen LogP contribution in [0.3, 0.4) is 0 Å². The highest BCUT2D eigenvalue weighted by atomic mass is 16.3. The number of hydrogen-bond acceptors (Lipinski definition) is 3. The molecule has 0 aromatic carbocycles. The maximum Gasteiger partial charge on any atom is 0.220 e. The molecule has 0 saturated carbocycles. The summed E-state index contributed by atoms with van der Waals surface area (Å²) in [5, 5.41) is 23.3. The van der Waals surface area contributed by atoms with Crippen molar-refractivity contribution in [3.63, 3.8) is 0 Å². The lowest BCUT2D eigenvalue weighted by atomic mass is 10.0. The van der Waals surface area contributed by atoms with Crippen molar-refractivity contribution in [3.8, 4) is 0 Å². The Bertz CT molecular complexity index is 1190. The van der Waals surface area contributed by atoms with Gasteiger partial charge in [0.25, 0.3) is 0 Å². The molecule has 0 bridgehead atoms. The van der Waals surface area contributed by atoms with E-state index in [0.29, 0.717) is 12.8 Å². The number of nitrogens with one attached hydrogen (secondary N) is 1. The Morgan fingerprint density at radius 1 is 0.373 bits per heavy atom. The van der Waals surface area contributed by atoms with E-state index in [4.69, 9.17) is 0 Å². The van der Waals surface area contributed by atoms with Gasteiger partial charge in [0.1, 0.15) is 0 Å². The van der Waals surface area contributed by atoms with Gasteiger partial charge in [-0.15, -0.1) is 0 Å². The molecule has 2 atom stereocenters. The van der Waals surface area contributed by atoms with Gasteiger partial charge in [0.2, 0.25) is 5.91 Å². The standard InChI is InChI=1S/C63H113NO3/c1-3-5-7-9-11-13-15-17-19-21-23-24-25-26-27-28-29-30-31-32-33-34-35-36-37-38-39-40-41-43-45-47-49-51-53-55-57-59-63(67)64-61(60-65)62(66)58-56-54-52-50-48-46-44-42-22-20-18-16-14-12-10-8-6-4-2/h5,7,11,13,17,19,23-24,26-27,29-30,32-33,61-62,65-66H,3-4,6,8-10,12,14-16,18,20-22,25,28,31,34-60H2,1-2H3,(H,64,67)/b7-5-,13-11-,19-17-,24-23-,27-26-,30-29-,33-32-. The van der Waals surface area contributed by atoms with Gasteiger partial charge in [-0.1, -0.05) is 298 Å². The van der Waals surface area contributed by atoms with Gasteiger partial charge in [-0.05, 0) is 70.6 Å². The summed E-state index contributed by atoms with van der Waals surface area (Å²) in [6.07, 6.45) is 84.3. The number of carbonyl (C=O) groups excluding carboxylic acids is 1. The average molecular weight is 933 g/mol. The first kappa shape index (κ1) is 64.6. The lowest BCUT2D eigenvalue weighted by Crippen LogP contribution is -2.45. The third-order valence-corrected chi connectivity index (χ3v) is 13.2. The fraction of sp³-hybridized carbons (Fsp3) is 0.762. The smallest absolute Gasteiger partial charge is 0.220 e. The van der Waals surface area contributed by atoms with Crippen molar-refractivity contribution in [2.75, 3.05) is 6.61 Å². The molecular weight excluding hydrogens is 819 g/mol. The van der Waals surface area contributed by atoms with E-state index in [-0.39, 0.29) is 12.5 Å². The quantitative estimate of drug-likeness (QED) is 0.0420. The van der Waals surface area contributed by atoms with E-state index in [9.17, 15) is 15.0 Å². The Labute approximate surface area is 418 Å². The van der Waals surface area contributed by atoms with Gasteiger partial charge >= 0.3 is 0 Å². The van der Waals surface area contributed by atoms with Crippen LogP contribution in [0, 0.1) is 0 Å².